The Kier molecular flexibility index (Phi) is 5.18. The van der Waals surface area contributed by atoms with Crippen molar-refractivity contribution in [1.29, 1.82) is 0 Å². The van der Waals surface area contributed by atoms with E-state index in [1.54, 1.807) is 24.3 Å². The first kappa shape index (κ1) is 15.3. The monoisotopic (exact) mass is 307 g/mol. The summed E-state index contributed by atoms with van der Waals surface area (Å²) in [7, 11) is -3.71. The molecule has 0 unspecified atom stereocenters. The second kappa shape index (κ2) is 7.09. The molecule has 2 rings (SSSR count). The first-order chi connectivity index (χ1) is 10.1. The normalized spacial score (nSPS) is 11.3. The summed E-state index contributed by atoms with van der Waals surface area (Å²) in [4.78, 5) is 3.97. The van der Waals surface area contributed by atoms with Gasteiger partial charge in [0, 0.05) is 18.9 Å². The predicted octanol–water partition coefficient (Wildman–Crippen LogP) is 1.17. The predicted molar refractivity (Wildman–Crippen MR) is 79.1 cm³/mol. The van der Waals surface area contributed by atoms with Crippen LogP contribution in [0.4, 0.5) is 5.69 Å². The Morgan fingerprint density at radius 1 is 1.19 bits per heavy atom. The molecule has 0 saturated carbocycles. The van der Waals surface area contributed by atoms with Gasteiger partial charge in [-0.05, 0) is 30.7 Å². The van der Waals surface area contributed by atoms with Crippen LogP contribution in [0.1, 0.15) is 19.0 Å². The van der Waals surface area contributed by atoms with Gasteiger partial charge in [0.15, 0.2) is 5.03 Å². The van der Waals surface area contributed by atoms with Crippen molar-refractivity contribution in [2.24, 2.45) is 0 Å². The van der Waals surface area contributed by atoms with Crippen LogP contribution in [0.3, 0.4) is 0 Å². The zero-order valence-electron chi connectivity index (χ0n) is 11.7. The van der Waals surface area contributed by atoms with E-state index in [9.17, 15) is 8.42 Å². The number of aromatic nitrogens is 3. The lowest BCUT2D eigenvalue weighted by atomic mass is 10.4. The molecule has 0 fully saturated rings. The van der Waals surface area contributed by atoms with Crippen LogP contribution in [0, 0.1) is 0 Å². The molecule has 0 amide bonds. The first-order valence-electron chi connectivity index (χ1n) is 6.58. The van der Waals surface area contributed by atoms with E-state index >= 15 is 0 Å². The van der Waals surface area contributed by atoms with Gasteiger partial charge >= 0.3 is 0 Å². The van der Waals surface area contributed by atoms with Gasteiger partial charge in [0.25, 0.3) is 10.0 Å². The van der Waals surface area contributed by atoms with Gasteiger partial charge in [0.2, 0.25) is 0 Å². The third-order valence-corrected chi connectivity index (χ3v) is 4.02. The smallest absolute Gasteiger partial charge is 0.260 e. The Morgan fingerprint density at radius 2 is 2.00 bits per heavy atom. The van der Waals surface area contributed by atoms with Gasteiger partial charge in [-0.1, -0.05) is 6.92 Å². The maximum atomic E-state index is 12.3. The molecule has 8 heteroatoms. The van der Waals surface area contributed by atoms with Crippen molar-refractivity contribution in [2.45, 2.75) is 24.9 Å². The molecule has 0 aliphatic heterocycles. The highest BCUT2D eigenvalue weighted by Gasteiger charge is 2.19. The molecule has 21 heavy (non-hydrogen) atoms. The summed E-state index contributed by atoms with van der Waals surface area (Å²) in [6.45, 7) is 2.75. The quantitative estimate of drug-likeness (QED) is 0.797. The van der Waals surface area contributed by atoms with Gasteiger partial charge in [-0.3, -0.25) is 0 Å². The van der Waals surface area contributed by atoms with Gasteiger partial charge in [-0.2, -0.15) is 10.2 Å². The number of rotatable bonds is 7. The van der Waals surface area contributed by atoms with Crippen LogP contribution in [0.5, 0.6) is 0 Å². The molecule has 0 atom stereocenters. The standard InChI is InChI=1S/C13H17N5O2S/c1-2-7-14-12-6-4-8-15-13(12)21(19,20)17-10-11-5-3-9-16-18-11/h3-6,8-9,14,17H,2,7,10H2,1H3. The molecule has 2 aromatic rings. The maximum absolute atomic E-state index is 12.3. The first-order valence-corrected chi connectivity index (χ1v) is 8.07. The third kappa shape index (κ3) is 4.20. The fourth-order valence-corrected chi connectivity index (χ4v) is 2.77. The Labute approximate surface area is 123 Å². The van der Waals surface area contributed by atoms with E-state index in [0.29, 0.717) is 17.9 Å². The Morgan fingerprint density at radius 3 is 2.71 bits per heavy atom. The minimum atomic E-state index is -3.71. The Bertz CT molecular complexity index is 676. The zero-order valence-corrected chi connectivity index (χ0v) is 12.5. The van der Waals surface area contributed by atoms with Crippen molar-refractivity contribution in [2.75, 3.05) is 11.9 Å². The molecule has 2 aromatic heterocycles. The molecular weight excluding hydrogens is 290 g/mol. The van der Waals surface area contributed by atoms with Crippen LogP contribution in [-0.4, -0.2) is 30.1 Å². The molecule has 0 spiro atoms. The average molecular weight is 307 g/mol. The molecule has 2 N–H and O–H groups in total. The molecule has 0 radical (unpaired) electrons. The van der Waals surface area contributed by atoms with E-state index in [-0.39, 0.29) is 11.6 Å². The van der Waals surface area contributed by atoms with Crippen molar-refractivity contribution >= 4 is 15.7 Å². The molecule has 0 bridgehead atoms. The largest absolute Gasteiger partial charge is 0.383 e. The van der Waals surface area contributed by atoms with E-state index in [2.05, 4.69) is 25.2 Å². The summed E-state index contributed by atoms with van der Waals surface area (Å²) in [5.41, 5.74) is 1.03. The second-order valence-electron chi connectivity index (χ2n) is 4.32. The van der Waals surface area contributed by atoms with Gasteiger partial charge < -0.3 is 5.32 Å². The Hall–Kier alpha value is -2.06. The molecule has 0 aliphatic rings. The SMILES string of the molecule is CCCNc1cccnc1S(=O)(=O)NCc1cccnn1. The third-order valence-electron chi connectivity index (χ3n) is 2.66. The van der Waals surface area contributed by atoms with Gasteiger partial charge in [0.05, 0.1) is 17.9 Å². The lowest BCUT2D eigenvalue weighted by molar-refractivity contribution is 0.576. The highest BCUT2D eigenvalue weighted by Crippen LogP contribution is 2.17. The lowest BCUT2D eigenvalue weighted by Gasteiger charge is -2.11. The van der Waals surface area contributed by atoms with Crippen LogP contribution in [0.25, 0.3) is 0 Å². The number of pyridine rings is 1. The average Bonchev–Trinajstić information content (AvgIpc) is 2.52. The van der Waals surface area contributed by atoms with Crippen molar-refractivity contribution in [3.63, 3.8) is 0 Å². The summed E-state index contributed by atoms with van der Waals surface area (Å²) >= 11 is 0. The molecule has 7 nitrogen and oxygen atoms in total. The fourth-order valence-electron chi connectivity index (χ4n) is 1.66. The lowest BCUT2D eigenvalue weighted by Crippen LogP contribution is -2.25. The fraction of sp³-hybridized carbons (Fsp3) is 0.308. The van der Waals surface area contributed by atoms with Crippen LogP contribution in [0.15, 0.2) is 41.7 Å². The summed E-state index contributed by atoms with van der Waals surface area (Å²) in [5.74, 6) is 0. The van der Waals surface area contributed by atoms with Crippen LogP contribution < -0.4 is 10.0 Å². The maximum Gasteiger partial charge on any atom is 0.260 e. The van der Waals surface area contributed by atoms with E-state index in [1.165, 1.54) is 12.4 Å². The van der Waals surface area contributed by atoms with Crippen molar-refractivity contribution < 1.29 is 8.42 Å². The summed E-state index contributed by atoms with van der Waals surface area (Å²) in [6, 6.07) is 6.79. The zero-order chi connectivity index (χ0) is 15.1. The number of sulfonamides is 1. The number of hydrogen-bond acceptors (Lipinski definition) is 6. The molecule has 0 saturated heterocycles. The van der Waals surface area contributed by atoms with Crippen molar-refractivity contribution in [1.82, 2.24) is 19.9 Å². The van der Waals surface area contributed by atoms with Gasteiger partial charge in [0.1, 0.15) is 0 Å². The topological polar surface area (TPSA) is 96.9 Å². The van der Waals surface area contributed by atoms with Crippen molar-refractivity contribution in [3.05, 3.63) is 42.4 Å². The van der Waals surface area contributed by atoms with E-state index in [4.69, 9.17) is 0 Å². The second-order valence-corrected chi connectivity index (χ2v) is 6.00. The van der Waals surface area contributed by atoms with Crippen LogP contribution in [-0.2, 0) is 16.6 Å². The molecule has 0 aromatic carbocycles. The number of anilines is 1. The minimum absolute atomic E-state index is 0.0117. The van der Waals surface area contributed by atoms with Crippen LogP contribution >= 0.6 is 0 Å². The molecule has 112 valence electrons. The van der Waals surface area contributed by atoms with E-state index < -0.39 is 10.0 Å². The van der Waals surface area contributed by atoms with Gasteiger partial charge in [-0.25, -0.2) is 18.1 Å². The highest BCUT2D eigenvalue weighted by atomic mass is 32.2. The number of nitrogens with one attached hydrogen (secondary N) is 2. The van der Waals surface area contributed by atoms with E-state index in [0.717, 1.165) is 6.42 Å². The van der Waals surface area contributed by atoms with Crippen LogP contribution in [0.2, 0.25) is 0 Å². The highest BCUT2D eigenvalue weighted by molar-refractivity contribution is 7.89. The molecule has 2 heterocycles. The number of hydrogen-bond donors (Lipinski definition) is 2. The summed E-state index contributed by atoms with van der Waals surface area (Å²) < 4.78 is 27.1. The molecule has 0 aliphatic carbocycles. The summed E-state index contributed by atoms with van der Waals surface area (Å²) in [5, 5.41) is 10.6. The Balaban J connectivity index is 2.15. The van der Waals surface area contributed by atoms with Gasteiger partial charge in [-0.15, -0.1) is 0 Å². The summed E-state index contributed by atoms with van der Waals surface area (Å²) in [6.07, 6.45) is 3.87. The van der Waals surface area contributed by atoms with E-state index in [1.807, 2.05) is 6.92 Å². The minimum Gasteiger partial charge on any atom is -0.383 e. The van der Waals surface area contributed by atoms with Crippen molar-refractivity contribution in [3.8, 4) is 0 Å². The number of nitrogens with zero attached hydrogens (tertiary/aromatic N) is 3. The molecular formula is C13H17N5O2S.